The van der Waals surface area contributed by atoms with Gasteiger partial charge in [-0.25, -0.2) is 0 Å². The summed E-state index contributed by atoms with van der Waals surface area (Å²) >= 11 is 0. The van der Waals surface area contributed by atoms with Gasteiger partial charge < -0.3 is 9.84 Å². The lowest BCUT2D eigenvalue weighted by atomic mass is 9.96. The molecular formula is C22H26N2O4. The molecule has 0 amide bonds. The number of carbonyl (C=O) groups excluding carboxylic acids is 1. The summed E-state index contributed by atoms with van der Waals surface area (Å²) in [6.45, 7) is 6.05. The van der Waals surface area contributed by atoms with Crippen molar-refractivity contribution in [3.05, 3.63) is 56.9 Å². The zero-order valence-corrected chi connectivity index (χ0v) is 16.6. The number of unbranched alkanes of at least 4 members (excludes halogenated alkanes) is 3. The van der Waals surface area contributed by atoms with E-state index in [1.54, 1.807) is 24.3 Å². The number of hydrogen-bond acceptors (Lipinski definition) is 5. The fourth-order valence-corrected chi connectivity index (χ4v) is 3.20. The number of nitriles is 1. The fourth-order valence-electron chi connectivity index (χ4n) is 3.20. The molecule has 0 saturated carbocycles. The summed E-state index contributed by atoms with van der Waals surface area (Å²) in [5.74, 6) is -0.472. The van der Waals surface area contributed by atoms with Crippen LogP contribution >= 0.6 is 0 Å². The molecule has 1 aromatic heterocycles. The average Bonchev–Trinajstić information content (AvgIpc) is 2.68. The molecule has 1 N–H and O–H groups in total. The number of carbonyl (C=O) groups is 1. The standard InChI is InChI=1S/C22H26N2O4/c1-4-6-7-10-13-24-21(26)17(14-23)15(3)19(22(24)27)20(25)16-11-8-9-12-18(16)28-5-2/h8-9,11-12,27H,4-7,10,13H2,1-3H3. The number of benzene rings is 1. The van der Waals surface area contributed by atoms with Gasteiger partial charge in [-0.1, -0.05) is 38.3 Å². The molecule has 28 heavy (non-hydrogen) atoms. The first kappa shape index (κ1) is 21.2. The molecule has 0 fully saturated rings. The molecule has 0 aliphatic carbocycles. The molecule has 0 spiro atoms. The third-order valence-electron chi connectivity index (χ3n) is 4.69. The van der Waals surface area contributed by atoms with E-state index in [9.17, 15) is 20.0 Å². The SMILES string of the molecule is CCCCCCn1c(O)c(C(=O)c2ccccc2OCC)c(C)c(C#N)c1=O. The third-order valence-corrected chi connectivity index (χ3v) is 4.69. The van der Waals surface area contributed by atoms with E-state index in [4.69, 9.17) is 4.74 Å². The number of nitrogens with zero attached hydrogens (tertiary/aromatic N) is 2. The first-order chi connectivity index (χ1) is 13.5. The van der Waals surface area contributed by atoms with E-state index in [1.165, 1.54) is 6.92 Å². The molecule has 6 heteroatoms. The van der Waals surface area contributed by atoms with Crippen LogP contribution in [0.25, 0.3) is 0 Å². The second kappa shape index (κ2) is 9.75. The number of ketones is 1. The van der Waals surface area contributed by atoms with Crippen LogP contribution in [0.5, 0.6) is 11.6 Å². The van der Waals surface area contributed by atoms with Crippen molar-refractivity contribution < 1.29 is 14.6 Å². The Balaban J connectivity index is 2.59. The van der Waals surface area contributed by atoms with Crippen LogP contribution in [0.2, 0.25) is 0 Å². The topological polar surface area (TPSA) is 92.3 Å². The Kier molecular flexibility index (Phi) is 7.39. The van der Waals surface area contributed by atoms with Crippen LogP contribution in [0, 0.1) is 18.3 Å². The molecule has 0 bridgehead atoms. The van der Waals surface area contributed by atoms with Crippen LogP contribution in [-0.2, 0) is 6.54 Å². The zero-order valence-electron chi connectivity index (χ0n) is 16.6. The highest BCUT2D eigenvalue weighted by molar-refractivity contribution is 6.13. The van der Waals surface area contributed by atoms with E-state index in [-0.39, 0.29) is 28.8 Å². The number of pyridine rings is 1. The molecule has 148 valence electrons. The molecule has 6 nitrogen and oxygen atoms in total. The lowest BCUT2D eigenvalue weighted by Gasteiger charge is -2.16. The molecule has 2 aromatic rings. The normalized spacial score (nSPS) is 10.5. The first-order valence-corrected chi connectivity index (χ1v) is 9.60. The van der Waals surface area contributed by atoms with Crippen molar-refractivity contribution in [3.8, 4) is 17.7 Å². The van der Waals surface area contributed by atoms with Gasteiger partial charge in [0.2, 0.25) is 11.7 Å². The van der Waals surface area contributed by atoms with Crippen LogP contribution in [0.1, 0.15) is 66.6 Å². The summed E-state index contributed by atoms with van der Waals surface area (Å²) in [5, 5.41) is 20.2. The van der Waals surface area contributed by atoms with Crippen LogP contribution in [0.15, 0.2) is 29.1 Å². The van der Waals surface area contributed by atoms with E-state index >= 15 is 0 Å². The molecule has 2 rings (SSSR count). The van der Waals surface area contributed by atoms with Gasteiger partial charge in [0.05, 0.1) is 17.7 Å². The highest BCUT2D eigenvalue weighted by Gasteiger charge is 2.26. The number of ether oxygens (including phenoxy) is 1. The molecule has 0 aliphatic heterocycles. The van der Waals surface area contributed by atoms with Crippen LogP contribution < -0.4 is 10.3 Å². The summed E-state index contributed by atoms with van der Waals surface area (Å²) in [4.78, 5) is 25.9. The van der Waals surface area contributed by atoms with Gasteiger partial charge >= 0.3 is 0 Å². The Morgan fingerprint density at radius 3 is 2.57 bits per heavy atom. The summed E-state index contributed by atoms with van der Waals surface area (Å²) in [6.07, 6.45) is 3.63. The van der Waals surface area contributed by atoms with Gasteiger partial charge in [-0.2, -0.15) is 5.26 Å². The Bertz CT molecular complexity index is 954. The highest BCUT2D eigenvalue weighted by atomic mass is 16.5. The third kappa shape index (κ3) is 4.25. The maximum absolute atomic E-state index is 13.2. The van der Waals surface area contributed by atoms with Crippen molar-refractivity contribution >= 4 is 5.78 Å². The van der Waals surface area contributed by atoms with Crippen molar-refractivity contribution in [2.45, 2.75) is 53.0 Å². The monoisotopic (exact) mass is 382 g/mol. The molecule has 0 atom stereocenters. The van der Waals surface area contributed by atoms with Crippen LogP contribution in [0.3, 0.4) is 0 Å². The minimum Gasteiger partial charge on any atom is -0.494 e. The minimum atomic E-state index is -0.566. The predicted molar refractivity (Wildman–Crippen MR) is 107 cm³/mol. The quantitative estimate of drug-likeness (QED) is 0.524. The average molecular weight is 382 g/mol. The Morgan fingerprint density at radius 1 is 1.21 bits per heavy atom. The summed E-state index contributed by atoms with van der Waals surface area (Å²) in [7, 11) is 0. The van der Waals surface area contributed by atoms with Crippen molar-refractivity contribution in [1.82, 2.24) is 4.57 Å². The molecule has 0 saturated heterocycles. The van der Waals surface area contributed by atoms with E-state index in [0.29, 0.717) is 18.8 Å². The maximum atomic E-state index is 13.2. The molecule has 0 radical (unpaired) electrons. The van der Waals surface area contributed by atoms with E-state index < -0.39 is 17.2 Å². The zero-order chi connectivity index (χ0) is 20.7. The molecule has 0 aliphatic rings. The van der Waals surface area contributed by atoms with Gasteiger partial charge in [0, 0.05) is 6.54 Å². The second-order valence-electron chi connectivity index (χ2n) is 6.59. The van der Waals surface area contributed by atoms with Gasteiger partial charge in [0.1, 0.15) is 17.4 Å². The lowest BCUT2D eigenvalue weighted by Crippen LogP contribution is -2.27. The number of hydrogen-bond donors (Lipinski definition) is 1. The lowest BCUT2D eigenvalue weighted by molar-refractivity contribution is 0.103. The Labute approximate surface area is 165 Å². The van der Waals surface area contributed by atoms with Crippen molar-refractivity contribution in [3.63, 3.8) is 0 Å². The number of para-hydroxylation sites is 1. The summed E-state index contributed by atoms with van der Waals surface area (Å²) in [5.41, 5.74) is -0.248. The molecule has 0 unspecified atom stereocenters. The number of rotatable bonds is 9. The first-order valence-electron chi connectivity index (χ1n) is 9.60. The molecule has 1 aromatic carbocycles. The maximum Gasteiger partial charge on any atom is 0.271 e. The minimum absolute atomic E-state index is 0.0289. The van der Waals surface area contributed by atoms with Gasteiger partial charge in [-0.15, -0.1) is 0 Å². The van der Waals surface area contributed by atoms with Crippen LogP contribution in [-0.4, -0.2) is 22.1 Å². The summed E-state index contributed by atoms with van der Waals surface area (Å²) < 4.78 is 6.66. The van der Waals surface area contributed by atoms with E-state index in [1.807, 2.05) is 13.0 Å². The second-order valence-corrected chi connectivity index (χ2v) is 6.59. The van der Waals surface area contributed by atoms with Crippen molar-refractivity contribution in [2.24, 2.45) is 0 Å². The smallest absolute Gasteiger partial charge is 0.271 e. The van der Waals surface area contributed by atoms with Gasteiger partial charge in [-0.05, 0) is 38.0 Å². The number of aromatic hydroxyl groups is 1. The Morgan fingerprint density at radius 2 is 1.93 bits per heavy atom. The molecule has 1 heterocycles. The molecular weight excluding hydrogens is 356 g/mol. The fraction of sp³-hybridized carbons (Fsp3) is 0.409. The van der Waals surface area contributed by atoms with Crippen molar-refractivity contribution in [2.75, 3.05) is 6.61 Å². The van der Waals surface area contributed by atoms with Crippen molar-refractivity contribution in [1.29, 1.82) is 5.26 Å². The van der Waals surface area contributed by atoms with E-state index in [2.05, 4.69) is 6.92 Å². The van der Waals surface area contributed by atoms with Crippen LogP contribution in [0.4, 0.5) is 0 Å². The summed E-state index contributed by atoms with van der Waals surface area (Å²) in [6, 6.07) is 8.63. The van der Waals surface area contributed by atoms with Gasteiger partial charge in [-0.3, -0.25) is 14.2 Å². The van der Waals surface area contributed by atoms with E-state index in [0.717, 1.165) is 23.8 Å². The number of aromatic nitrogens is 1. The Hall–Kier alpha value is -3.07. The largest absolute Gasteiger partial charge is 0.494 e. The van der Waals surface area contributed by atoms with Gasteiger partial charge in [0.15, 0.2) is 0 Å². The van der Waals surface area contributed by atoms with Gasteiger partial charge in [0.25, 0.3) is 5.56 Å². The predicted octanol–water partition coefficient (Wildman–Crippen LogP) is 3.94. The highest BCUT2D eigenvalue weighted by Crippen LogP contribution is 2.29.